The number of ether oxygens (including phenoxy) is 2. The lowest BCUT2D eigenvalue weighted by molar-refractivity contribution is -0.0193. The fraction of sp³-hybridized carbons (Fsp3) is 0.344. The highest BCUT2D eigenvalue weighted by Gasteiger charge is 2.38. The minimum atomic E-state index is -0.630. The lowest BCUT2D eigenvalue weighted by Gasteiger charge is -2.35. The van der Waals surface area contributed by atoms with Crippen LogP contribution in [-0.2, 0) is 6.42 Å². The molecular weight excluding hydrogens is 575 g/mol. The Bertz CT molecular complexity index is 1570. The van der Waals surface area contributed by atoms with Gasteiger partial charge in [0, 0.05) is 51.8 Å². The van der Waals surface area contributed by atoms with Crippen molar-refractivity contribution in [2.24, 2.45) is 0 Å². The lowest BCUT2D eigenvalue weighted by Crippen LogP contribution is -2.45. The maximum absolute atomic E-state index is 13.5. The number of halogens is 2. The highest BCUT2D eigenvalue weighted by atomic mass is 35.5. The van der Waals surface area contributed by atoms with Crippen LogP contribution in [0.2, 0.25) is 10.0 Å². The number of carbonyl (C=O) groups excluding carboxylic acids is 1. The molecule has 6 rings (SSSR count). The predicted octanol–water partition coefficient (Wildman–Crippen LogP) is 6.35. The first kappa shape index (κ1) is 28.8. The zero-order valence-corrected chi connectivity index (χ0v) is 25.1. The van der Waals surface area contributed by atoms with Crippen LogP contribution in [0.1, 0.15) is 43.1 Å². The van der Waals surface area contributed by atoms with E-state index in [-0.39, 0.29) is 11.6 Å². The maximum atomic E-state index is 13.5. The molecule has 3 N–H and O–H groups in total. The number of aliphatic hydroxyl groups is 1. The topological polar surface area (TPSA) is 90.1 Å². The number of nitrogens with one attached hydrogen (secondary N) is 2. The average molecular weight is 610 g/mol. The van der Waals surface area contributed by atoms with Crippen molar-refractivity contribution >= 4 is 40.2 Å². The number of benzene rings is 3. The molecule has 42 heavy (non-hydrogen) atoms. The third-order valence-electron chi connectivity index (χ3n) is 8.14. The van der Waals surface area contributed by atoms with E-state index in [0.717, 1.165) is 53.0 Å². The summed E-state index contributed by atoms with van der Waals surface area (Å²) in [5, 5.41) is 15.6. The number of hydrogen-bond donors (Lipinski definition) is 3. The first-order chi connectivity index (χ1) is 20.2. The standard InChI is InChI=1S/C32H34Cl2N4O4/c1-32(2)19-35-30(39)38(32)15-3-17-41-23-9-4-20(5-10-23)29-28-25(26-18-22(34)8-13-27(26)36-28)14-16-37(29)31(40)42-24-11-6-21(33)7-12-24/h4-13,18,29-30,35-36,39H,3,14-17,19H2,1-2H3. The van der Waals surface area contributed by atoms with Crippen LogP contribution >= 0.6 is 23.2 Å². The van der Waals surface area contributed by atoms with Gasteiger partial charge in [-0.2, -0.15) is 0 Å². The van der Waals surface area contributed by atoms with Crippen LogP contribution in [0.4, 0.5) is 4.79 Å². The summed E-state index contributed by atoms with van der Waals surface area (Å²) in [5.41, 5.74) is 3.90. The van der Waals surface area contributed by atoms with Crippen LogP contribution in [0.3, 0.4) is 0 Å². The lowest BCUT2D eigenvalue weighted by atomic mass is 9.92. The minimum absolute atomic E-state index is 0.103. The van der Waals surface area contributed by atoms with Gasteiger partial charge in [0.15, 0.2) is 6.35 Å². The van der Waals surface area contributed by atoms with Crippen molar-refractivity contribution in [1.82, 2.24) is 20.1 Å². The molecule has 0 bridgehead atoms. The van der Waals surface area contributed by atoms with E-state index in [2.05, 4.69) is 24.1 Å². The summed E-state index contributed by atoms with van der Waals surface area (Å²) in [6, 6.07) is 20.0. The Hall–Kier alpha value is -3.27. The molecule has 220 valence electrons. The van der Waals surface area contributed by atoms with Gasteiger partial charge in [0.2, 0.25) is 0 Å². The van der Waals surface area contributed by atoms with Crippen molar-refractivity contribution in [3.8, 4) is 11.5 Å². The van der Waals surface area contributed by atoms with E-state index < -0.39 is 12.4 Å². The molecule has 4 aromatic rings. The van der Waals surface area contributed by atoms with E-state index in [1.807, 2.05) is 47.4 Å². The smallest absolute Gasteiger partial charge is 0.416 e. The van der Waals surface area contributed by atoms with Gasteiger partial charge in [-0.25, -0.2) is 4.79 Å². The molecule has 2 aliphatic rings. The summed E-state index contributed by atoms with van der Waals surface area (Å²) in [6.45, 7) is 6.70. The Morgan fingerprint density at radius 3 is 2.45 bits per heavy atom. The molecule has 1 saturated heterocycles. The van der Waals surface area contributed by atoms with Crippen LogP contribution in [0, 0.1) is 0 Å². The monoisotopic (exact) mass is 608 g/mol. The second kappa shape index (κ2) is 11.8. The van der Waals surface area contributed by atoms with E-state index >= 15 is 0 Å². The fourth-order valence-electron chi connectivity index (χ4n) is 5.95. The summed E-state index contributed by atoms with van der Waals surface area (Å²) >= 11 is 12.4. The second-order valence-corrected chi connectivity index (χ2v) is 12.3. The number of hydrogen-bond acceptors (Lipinski definition) is 6. The number of aromatic amines is 1. The molecule has 1 fully saturated rings. The van der Waals surface area contributed by atoms with Gasteiger partial charge in [-0.15, -0.1) is 0 Å². The van der Waals surface area contributed by atoms with Gasteiger partial charge in [0.25, 0.3) is 0 Å². The number of aliphatic hydroxyl groups excluding tert-OH is 1. The average Bonchev–Trinajstić information content (AvgIpc) is 3.47. The van der Waals surface area contributed by atoms with Crippen molar-refractivity contribution in [2.75, 3.05) is 26.2 Å². The number of H-pyrrole nitrogens is 1. The molecule has 0 aliphatic carbocycles. The Morgan fingerprint density at radius 2 is 1.74 bits per heavy atom. The van der Waals surface area contributed by atoms with Crippen LogP contribution in [0.5, 0.6) is 11.5 Å². The number of carbonyl (C=O) groups is 1. The number of fused-ring (bicyclic) bond motifs is 3. The van der Waals surface area contributed by atoms with Gasteiger partial charge < -0.3 is 19.6 Å². The molecule has 0 radical (unpaired) electrons. The van der Waals surface area contributed by atoms with Gasteiger partial charge in [0.05, 0.1) is 6.61 Å². The normalized spacial score (nSPS) is 20.1. The summed E-state index contributed by atoms with van der Waals surface area (Å²) in [7, 11) is 0. The van der Waals surface area contributed by atoms with Gasteiger partial charge in [-0.1, -0.05) is 35.3 Å². The zero-order valence-electron chi connectivity index (χ0n) is 23.6. The maximum Gasteiger partial charge on any atom is 0.416 e. The van der Waals surface area contributed by atoms with Gasteiger partial charge in [0.1, 0.15) is 17.5 Å². The summed E-state index contributed by atoms with van der Waals surface area (Å²) in [4.78, 5) is 20.9. The van der Waals surface area contributed by atoms with Crippen molar-refractivity contribution in [2.45, 2.75) is 44.6 Å². The molecule has 2 atom stereocenters. The summed E-state index contributed by atoms with van der Waals surface area (Å²) in [5.74, 6) is 1.18. The van der Waals surface area contributed by atoms with Crippen molar-refractivity contribution in [3.05, 3.63) is 93.6 Å². The molecule has 2 aliphatic heterocycles. The molecule has 3 heterocycles. The molecule has 8 nitrogen and oxygen atoms in total. The molecule has 1 aromatic heterocycles. The Kier molecular flexibility index (Phi) is 8.09. The zero-order chi connectivity index (χ0) is 29.4. The van der Waals surface area contributed by atoms with Crippen molar-refractivity contribution < 1.29 is 19.4 Å². The second-order valence-electron chi connectivity index (χ2n) is 11.4. The van der Waals surface area contributed by atoms with Crippen LogP contribution in [-0.4, -0.2) is 64.1 Å². The first-order valence-electron chi connectivity index (χ1n) is 14.1. The molecule has 1 amide bonds. The Labute approximate surface area is 255 Å². The van der Waals surface area contributed by atoms with Crippen LogP contribution < -0.4 is 14.8 Å². The van der Waals surface area contributed by atoms with E-state index in [0.29, 0.717) is 35.4 Å². The highest BCUT2D eigenvalue weighted by molar-refractivity contribution is 6.31. The van der Waals surface area contributed by atoms with E-state index in [1.165, 1.54) is 0 Å². The van der Waals surface area contributed by atoms with Gasteiger partial charge >= 0.3 is 6.09 Å². The third kappa shape index (κ3) is 5.82. The molecule has 2 unspecified atom stereocenters. The molecule has 10 heteroatoms. The summed E-state index contributed by atoms with van der Waals surface area (Å²) in [6.07, 6.45) is 0.375. The van der Waals surface area contributed by atoms with Crippen LogP contribution in [0.25, 0.3) is 10.9 Å². The number of rotatable bonds is 7. The number of amides is 1. The van der Waals surface area contributed by atoms with E-state index in [9.17, 15) is 9.90 Å². The minimum Gasteiger partial charge on any atom is -0.494 e. The van der Waals surface area contributed by atoms with E-state index in [4.69, 9.17) is 32.7 Å². The summed E-state index contributed by atoms with van der Waals surface area (Å²) < 4.78 is 11.8. The Balaban J connectivity index is 1.22. The molecule has 0 spiro atoms. The third-order valence-corrected chi connectivity index (χ3v) is 8.63. The van der Waals surface area contributed by atoms with E-state index in [1.54, 1.807) is 29.2 Å². The Morgan fingerprint density at radius 1 is 1.02 bits per heavy atom. The first-order valence-corrected chi connectivity index (χ1v) is 14.9. The van der Waals surface area contributed by atoms with Crippen LogP contribution in [0.15, 0.2) is 66.7 Å². The molecule has 3 aromatic carbocycles. The van der Waals surface area contributed by atoms with Gasteiger partial charge in [-0.05, 0) is 92.4 Å². The van der Waals surface area contributed by atoms with Crippen molar-refractivity contribution in [1.29, 1.82) is 0 Å². The quantitative estimate of drug-likeness (QED) is 0.212. The SMILES string of the molecule is CC1(C)CNC(O)N1CCCOc1ccc(C2c3[nH]c4ccc(Cl)cc4c3CCN2C(=O)Oc2ccc(Cl)cc2)cc1. The number of nitrogens with zero attached hydrogens (tertiary/aromatic N) is 2. The van der Waals surface area contributed by atoms with Crippen molar-refractivity contribution in [3.63, 3.8) is 0 Å². The predicted molar refractivity (Wildman–Crippen MR) is 164 cm³/mol. The molecular formula is C32H34Cl2N4O4. The molecule has 0 saturated carbocycles. The highest BCUT2D eigenvalue weighted by Crippen LogP contribution is 2.40. The largest absolute Gasteiger partial charge is 0.494 e. The van der Waals surface area contributed by atoms with Gasteiger partial charge in [-0.3, -0.25) is 15.1 Å². The number of aromatic nitrogens is 1. The fourth-order valence-corrected chi connectivity index (χ4v) is 6.24.